The highest BCUT2D eigenvalue weighted by Crippen LogP contribution is 2.12. The van der Waals surface area contributed by atoms with Crippen molar-refractivity contribution < 1.29 is 24.6 Å². The van der Waals surface area contributed by atoms with Crippen LogP contribution in [0.15, 0.2) is 77.9 Å². The number of carboxylic acid groups (broad SMARTS) is 2. The van der Waals surface area contributed by atoms with Crippen molar-refractivity contribution in [3.05, 3.63) is 94.7 Å². The van der Waals surface area contributed by atoms with Crippen LogP contribution in [0.4, 0.5) is 11.6 Å². The summed E-state index contributed by atoms with van der Waals surface area (Å²) in [6.45, 7) is 0.231. The number of fused-ring (bicyclic) bond motifs is 2. The number of hydrogen-bond donors (Lipinski definition) is 6. The zero-order valence-electron chi connectivity index (χ0n) is 22.0. The van der Waals surface area contributed by atoms with E-state index in [0.717, 1.165) is 5.52 Å². The molecule has 14 nitrogen and oxygen atoms in total. The third kappa shape index (κ3) is 7.81. The summed E-state index contributed by atoms with van der Waals surface area (Å²) in [5.41, 5.74) is 7.53. The molecule has 1 amide bonds. The number of carbonyl (C=O) groups is 3. The number of amides is 1. The number of anilines is 2. The number of rotatable bonds is 9. The predicted molar refractivity (Wildman–Crippen MR) is 154 cm³/mol. The van der Waals surface area contributed by atoms with Gasteiger partial charge in [0.25, 0.3) is 11.5 Å². The molecule has 0 fully saturated rings. The van der Waals surface area contributed by atoms with Crippen LogP contribution in [-0.2, 0) is 16.1 Å². The molecule has 0 aliphatic rings. The quantitative estimate of drug-likeness (QED) is 0.150. The Kier molecular flexibility index (Phi) is 9.30. The molecule has 0 aliphatic carbocycles. The van der Waals surface area contributed by atoms with E-state index < -0.39 is 29.4 Å². The number of nitrogens with one attached hydrogen (secondary N) is 3. The highest BCUT2D eigenvalue weighted by molar-refractivity contribution is 5.97. The number of H-pyrrole nitrogens is 1. The topological polar surface area (TPSA) is 226 Å². The van der Waals surface area contributed by atoms with E-state index in [0.29, 0.717) is 11.4 Å². The smallest absolute Gasteiger partial charge is 0.326 e. The molecule has 0 saturated carbocycles. The highest BCUT2D eigenvalue weighted by Gasteiger charge is 2.21. The minimum Gasteiger partial charge on any atom is -0.481 e. The van der Waals surface area contributed by atoms with Crippen molar-refractivity contribution in [2.45, 2.75) is 25.4 Å². The first-order valence-electron chi connectivity index (χ1n) is 12.6. The van der Waals surface area contributed by atoms with E-state index in [1.807, 2.05) is 30.5 Å². The molecule has 14 heteroatoms. The Hall–Kier alpha value is -5.92. The molecule has 0 spiro atoms. The van der Waals surface area contributed by atoms with Crippen LogP contribution < -0.4 is 21.9 Å². The molecule has 3 heterocycles. The van der Waals surface area contributed by atoms with Crippen LogP contribution in [0.3, 0.4) is 0 Å². The summed E-state index contributed by atoms with van der Waals surface area (Å²) in [6.07, 6.45) is 2.65. The zero-order chi connectivity index (χ0) is 30.1. The second-order valence-electron chi connectivity index (χ2n) is 8.91. The zero-order valence-corrected chi connectivity index (χ0v) is 22.0. The van der Waals surface area contributed by atoms with Crippen LogP contribution in [0.1, 0.15) is 28.9 Å². The number of aliphatic carboxylic acids is 2. The average Bonchev–Trinajstić information content (AvgIpc) is 2.98. The van der Waals surface area contributed by atoms with Crippen LogP contribution >= 0.6 is 0 Å². The molecule has 2 aromatic carbocycles. The Labute approximate surface area is 237 Å². The number of nitrogen functional groups attached to an aromatic ring is 1. The second-order valence-corrected chi connectivity index (χ2v) is 8.91. The molecule has 5 rings (SSSR count). The minimum atomic E-state index is -1.31. The Morgan fingerprint density at radius 1 is 0.952 bits per heavy atom. The van der Waals surface area contributed by atoms with Gasteiger partial charge in [-0.05, 0) is 42.8 Å². The molecule has 3 aromatic heterocycles. The van der Waals surface area contributed by atoms with Gasteiger partial charge in [0.05, 0.1) is 24.0 Å². The molecule has 0 bridgehead atoms. The molecule has 42 heavy (non-hydrogen) atoms. The van der Waals surface area contributed by atoms with E-state index in [4.69, 9.17) is 15.9 Å². The summed E-state index contributed by atoms with van der Waals surface area (Å²) in [5.74, 6) is -3.16. The van der Waals surface area contributed by atoms with E-state index in [2.05, 4.69) is 47.7 Å². The van der Waals surface area contributed by atoms with Gasteiger partial charge in [-0.1, -0.05) is 24.3 Å². The number of pyridine rings is 1. The lowest BCUT2D eigenvalue weighted by Crippen LogP contribution is -2.41. The van der Waals surface area contributed by atoms with E-state index >= 15 is 0 Å². The van der Waals surface area contributed by atoms with Crippen molar-refractivity contribution in [2.75, 3.05) is 11.1 Å². The molecule has 7 N–H and O–H groups in total. The van der Waals surface area contributed by atoms with Gasteiger partial charge in [0.2, 0.25) is 5.95 Å². The summed E-state index contributed by atoms with van der Waals surface area (Å²) < 4.78 is 0. The van der Waals surface area contributed by atoms with Gasteiger partial charge in [-0.3, -0.25) is 24.4 Å². The number of aromatic nitrogens is 5. The van der Waals surface area contributed by atoms with Gasteiger partial charge in [-0.15, -0.1) is 0 Å². The standard InChI is InChI=1S/C19H19N7O6.C9H7N/c20-19-25-15-14(17(30)26-19)23-11(8-22-15)7-21-10-3-1-9(2-4-10)16(29)24-12(18(31)32)5-6-13(27)28;1-2-6-9-8(4-1)5-3-7-10-9/h1-4,8,12,21H,5-7H2,(H,24,29)(H,27,28)(H,31,32)(H3,20,22,25,26,30);1-7H. The van der Waals surface area contributed by atoms with Gasteiger partial charge >= 0.3 is 11.9 Å². The van der Waals surface area contributed by atoms with Gasteiger partial charge in [0, 0.05) is 29.3 Å². The second kappa shape index (κ2) is 13.4. The Bertz CT molecular complexity index is 1730. The summed E-state index contributed by atoms with van der Waals surface area (Å²) in [6, 6.07) is 16.9. The first kappa shape index (κ1) is 29.1. The fourth-order valence-corrected chi connectivity index (χ4v) is 3.77. The van der Waals surface area contributed by atoms with Crippen LogP contribution in [0.2, 0.25) is 0 Å². The van der Waals surface area contributed by atoms with Crippen molar-refractivity contribution in [3.63, 3.8) is 0 Å². The third-order valence-electron chi connectivity index (χ3n) is 5.87. The van der Waals surface area contributed by atoms with E-state index in [1.54, 1.807) is 12.1 Å². The summed E-state index contributed by atoms with van der Waals surface area (Å²) in [4.78, 5) is 64.7. The normalized spacial score (nSPS) is 11.2. The van der Waals surface area contributed by atoms with Gasteiger partial charge in [-0.2, -0.15) is 4.98 Å². The number of carboxylic acids is 2. The first-order valence-corrected chi connectivity index (χ1v) is 12.6. The fraction of sp³-hybridized carbons (Fsp3) is 0.143. The molecule has 5 aromatic rings. The largest absolute Gasteiger partial charge is 0.481 e. The molecule has 0 radical (unpaired) electrons. The van der Waals surface area contributed by atoms with E-state index in [1.165, 1.54) is 23.7 Å². The van der Waals surface area contributed by atoms with Crippen molar-refractivity contribution in [1.29, 1.82) is 0 Å². The maximum atomic E-state index is 12.3. The van der Waals surface area contributed by atoms with Crippen LogP contribution in [0.25, 0.3) is 22.1 Å². The summed E-state index contributed by atoms with van der Waals surface area (Å²) in [5, 5.41) is 24.4. The van der Waals surface area contributed by atoms with Gasteiger partial charge in [-0.25, -0.2) is 14.8 Å². The molecule has 1 atom stereocenters. The number of hydrogen-bond acceptors (Lipinski definition) is 10. The van der Waals surface area contributed by atoms with Crippen molar-refractivity contribution in [1.82, 2.24) is 30.2 Å². The molecule has 0 aliphatic heterocycles. The van der Waals surface area contributed by atoms with Crippen molar-refractivity contribution in [3.8, 4) is 0 Å². The Balaban J connectivity index is 0.000000337. The maximum Gasteiger partial charge on any atom is 0.326 e. The maximum absolute atomic E-state index is 12.3. The fourth-order valence-electron chi connectivity index (χ4n) is 3.77. The lowest BCUT2D eigenvalue weighted by molar-refractivity contribution is -0.140. The van der Waals surface area contributed by atoms with Crippen molar-refractivity contribution >= 4 is 51.5 Å². The molecule has 214 valence electrons. The van der Waals surface area contributed by atoms with Gasteiger partial charge < -0.3 is 26.6 Å². The number of carbonyl (C=O) groups excluding carboxylic acids is 1. The molecule has 0 saturated heterocycles. The summed E-state index contributed by atoms with van der Waals surface area (Å²) in [7, 11) is 0. The Morgan fingerprint density at radius 2 is 1.69 bits per heavy atom. The predicted octanol–water partition coefficient (Wildman–Crippen LogP) is 2.19. The van der Waals surface area contributed by atoms with Crippen molar-refractivity contribution in [2.24, 2.45) is 0 Å². The first-order chi connectivity index (χ1) is 20.2. The number of para-hydroxylation sites is 1. The van der Waals surface area contributed by atoms with Crippen LogP contribution in [0.5, 0.6) is 0 Å². The Morgan fingerprint density at radius 3 is 2.40 bits per heavy atom. The van der Waals surface area contributed by atoms with Crippen LogP contribution in [-0.4, -0.2) is 59.0 Å². The molecular weight excluding hydrogens is 544 g/mol. The van der Waals surface area contributed by atoms with Crippen LogP contribution in [0, 0.1) is 0 Å². The molecule has 1 unspecified atom stereocenters. The number of aromatic amines is 1. The summed E-state index contributed by atoms with van der Waals surface area (Å²) >= 11 is 0. The van der Waals surface area contributed by atoms with Gasteiger partial charge in [0.1, 0.15) is 6.04 Å². The highest BCUT2D eigenvalue weighted by atomic mass is 16.4. The number of benzene rings is 2. The lowest BCUT2D eigenvalue weighted by atomic mass is 10.1. The number of nitrogens with zero attached hydrogens (tertiary/aromatic N) is 4. The van der Waals surface area contributed by atoms with E-state index in [9.17, 15) is 19.2 Å². The monoisotopic (exact) mass is 570 g/mol. The lowest BCUT2D eigenvalue weighted by Gasteiger charge is -2.14. The number of nitrogens with two attached hydrogens (primary N) is 1. The average molecular weight is 571 g/mol. The minimum absolute atomic E-state index is 0.0524. The SMILES string of the molecule is Nc1nc2ncc(CNc3ccc(C(=O)NC(CCC(=O)O)C(=O)O)cc3)nc2c(=O)[nH]1.c1ccc2ncccc2c1. The van der Waals surface area contributed by atoms with E-state index in [-0.39, 0.29) is 42.1 Å². The van der Waals surface area contributed by atoms with Gasteiger partial charge in [0.15, 0.2) is 11.2 Å². The third-order valence-corrected chi connectivity index (χ3v) is 5.87. The molecular formula is C28H26N8O6.